The molecule has 32 heavy (non-hydrogen) atoms. The maximum Gasteiger partial charge on any atom is 0.261 e. The smallest absolute Gasteiger partial charge is 0.261 e. The van der Waals surface area contributed by atoms with E-state index in [-0.39, 0.29) is 27.1 Å². The number of anilines is 1. The van der Waals surface area contributed by atoms with Gasteiger partial charge < -0.3 is 10.1 Å². The second-order valence-electron chi connectivity index (χ2n) is 7.46. The standard InChI is InChI=1S/C24H25ClN2O4S/c1-16-4-9-21(10-5-16)32(29,30)27-19-7-11-22(23(25)15-19)24(28)26-12-13-31-20-8-6-17(2)18(3)14-20/h4-11,14-15,27H,12-13H2,1-3H3,(H,26,28). The zero-order valence-electron chi connectivity index (χ0n) is 18.1. The van der Waals surface area contributed by atoms with Crippen LogP contribution in [-0.4, -0.2) is 27.5 Å². The van der Waals surface area contributed by atoms with E-state index in [0.29, 0.717) is 13.2 Å². The van der Waals surface area contributed by atoms with Crippen LogP contribution >= 0.6 is 11.6 Å². The fourth-order valence-electron chi connectivity index (χ4n) is 2.93. The third kappa shape index (κ3) is 6.02. The number of nitrogens with one attached hydrogen (secondary N) is 2. The van der Waals surface area contributed by atoms with E-state index >= 15 is 0 Å². The van der Waals surface area contributed by atoms with E-state index in [4.69, 9.17) is 16.3 Å². The van der Waals surface area contributed by atoms with Gasteiger partial charge >= 0.3 is 0 Å². The van der Waals surface area contributed by atoms with Gasteiger partial charge in [-0.15, -0.1) is 0 Å². The largest absolute Gasteiger partial charge is 0.492 e. The Morgan fingerprint density at radius 2 is 1.66 bits per heavy atom. The van der Waals surface area contributed by atoms with Crippen molar-refractivity contribution >= 4 is 33.2 Å². The first-order chi connectivity index (χ1) is 15.2. The van der Waals surface area contributed by atoms with Crippen molar-refractivity contribution < 1.29 is 17.9 Å². The predicted molar refractivity (Wildman–Crippen MR) is 127 cm³/mol. The topological polar surface area (TPSA) is 84.5 Å². The molecule has 3 aromatic rings. The molecule has 0 aliphatic rings. The zero-order chi connectivity index (χ0) is 23.3. The van der Waals surface area contributed by atoms with Gasteiger partial charge in [0.2, 0.25) is 0 Å². The van der Waals surface area contributed by atoms with Crippen LogP contribution in [0.2, 0.25) is 5.02 Å². The van der Waals surface area contributed by atoms with Crippen LogP contribution in [0.1, 0.15) is 27.0 Å². The molecule has 0 atom stereocenters. The molecule has 0 saturated carbocycles. The number of hydrogen-bond donors (Lipinski definition) is 2. The van der Waals surface area contributed by atoms with Crippen LogP contribution in [0.5, 0.6) is 5.75 Å². The minimum Gasteiger partial charge on any atom is -0.492 e. The van der Waals surface area contributed by atoms with Crippen LogP contribution in [0.25, 0.3) is 0 Å². The Hall–Kier alpha value is -3.03. The summed E-state index contributed by atoms with van der Waals surface area (Å²) in [6.45, 7) is 6.52. The summed E-state index contributed by atoms with van der Waals surface area (Å²) in [4.78, 5) is 12.6. The van der Waals surface area contributed by atoms with E-state index in [1.54, 1.807) is 12.1 Å². The summed E-state index contributed by atoms with van der Waals surface area (Å²) < 4.78 is 33.2. The SMILES string of the molecule is Cc1ccc(S(=O)(=O)Nc2ccc(C(=O)NCCOc3ccc(C)c(C)c3)c(Cl)c2)cc1. The average molecular weight is 473 g/mol. The van der Waals surface area contributed by atoms with Crippen molar-refractivity contribution in [3.63, 3.8) is 0 Å². The van der Waals surface area contributed by atoms with Gasteiger partial charge in [-0.05, 0) is 74.4 Å². The second kappa shape index (κ2) is 10.1. The zero-order valence-corrected chi connectivity index (χ0v) is 19.7. The van der Waals surface area contributed by atoms with Crippen LogP contribution < -0.4 is 14.8 Å². The van der Waals surface area contributed by atoms with Gasteiger partial charge in [-0.25, -0.2) is 8.42 Å². The molecule has 2 N–H and O–H groups in total. The molecule has 3 rings (SSSR count). The highest BCUT2D eigenvalue weighted by atomic mass is 35.5. The number of sulfonamides is 1. The first-order valence-corrected chi connectivity index (χ1v) is 11.9. The molecule has 0 bridgehead atoms. The van der Waals surface area contributed by atoms with Crippen molar-refractivity contribution in [1.29, 1.82) is 0 Å². The lowest BCUT2D eigenvalue weighted by Crippen LogP contribution is -2.28. The van der Waals surface area contributed by atoms with E-state index in [2.05, 4.69) is 10.0 Å². The van der Waals surface area contributed by atoms with Crippen molar-refractivity contribution in [3.05, 3.63) is 87.9 Å². The van der Waals surface area contributed by atoms with Crippen LogP contribution in [0.15, 0.2) is 65.6 Å². The third-order valence-electron chi connectivity index (χ3n) is 4.93. The highest BCUT2D eigenvalue weighted by Crippen LogP contribution is 2.23. The molecule has 8 heteroatoms. The van der Waals surface area contributed by atoms with E-state index in [0.717, 1.165) is 16.9 Å². The number of halogens is 1. The molecular weight excluding hydrogens is 448 g/mol. The van der Waals surface area contributed by atoms with Gasteiger partial charge in [-0.3, -0.25) is 9.52 Å². The van der Waals surface area contributed by atoms with Crippen LogP contribution in [0.4, 0.5) is 5.69 Å². The highest BCUT2D eigenvalue weighted by molar-refractivity contribution is 7.92. The van der Waals surface area contributed by atoms with E-state index in [1.807, 2.05) is 39.0 Å². The Balaban J connectivity index is 1.57. The molecule has 0 radical (unpaired) electrons. The molecule has 3 aromatic carbocycles. The summed E-state index contributed by atoms with van der Waals surface area (Å²) in [6.07, 6.45) is 0. The fraction of sp³-hybridized carbons (Fsp3) is 0.208. The Labute approximate surface area is 193 Å². The first-order valence-electron chi connectivity index (χ1n) is 10.0. The van der Waals surface area contributed by atoms with Gasteiger partial charge in [-0.2, -0.15) is 0 Å². The lowest BCUT2D eigenvalue weighted by molar-refractivity contribution is 0.0947. The van der Waals surface area contributed by atoms with E-state index in [1.165, 1.54) is 35.9 Å². The number of ether oxygens (including phenoxy) is 1. The van der Waals surface area contributed by atoms with Crippen molar-refractivity contribution in [2.75, 3.05) is 17.9 Å². The highest BCUT2D eigenvalue weighted by Gasteiger charge is 2.16. The minimum absolute atomic E-state index is 0.140. The van der Waals surface area contributed by atoms with E-state index < -0.39 is 10.0 Å². The Kier molecular flexibility index (Phi) is 7.43. The Morgan fingerprint density at radius 1 is 0.938 bits per heavy atom. The third-order valence-corrected chi connectivity index (χ3v) is 6.64. The van der Waals surface area contributed by atoms with Gasteiger partial charge in [0.05, 0.1) is 27.7 Å². The van der Waals surface area contributed by atoms with Crippen molar-refractivity contribution in [1.82, 2.24) is 5.32 Å². The number of rotatable bonds is 8. The maximum atomic E-state index is 12.5. The summed E-state index contributed by atoms with van der Waals surface area (Å²) in [7, 11) is -3.76. The van der Waals surface area contributed by atoms with Gasteiger partial charge in [-0.1, -0.05) is 35.4 Å². The normalized spacial score (nSPS) is 11.1. The maximum absolute atomic E-state index is 12.5. The van der Waals surface area contributed by atoms with E-state index in [9.17, 15) is 13.2 Å². The predicted octanol–water partition coefficient (Wildman–Crippen LogP) is 4.87. The van der Waals surface area contributed by atoms with Crippen molar-refractivity contribution in [2.45, 2.75) is 25.7 Å². The quantitative estimate of drug-likeness (QED) is 0.458. The molecular formula is C24H25ClN2O4S. The second-order valence-corrected chi connectivity index (χ2v) is 9.55. The monoisotopic (exact) mass is 472 g/mol. The fourth-order valence-corrected chi connectivity index (χ4v) is 4.24. The van der Waals surface area contributed by atoms with Gasteiger partial charge in [0.15, 0.2) is 0 Å². The van der Waals surface area contributed by atoms with Crippen LogP contribution in [0.3, 0.4) is 0 Å². The molecule has 0 fully saturated rings. The molecule has 0 unspecified atom stereocenters. The molecule has 0 heterocycles. The number of amides is 1. The molecule has 0 aliphatic heterocycles. The molecule has 0 saturated heterocycles. The summed E-state index contributed by atoms with van der Waals surface area (Å²) >= 11 is 6.23. The van der Waals surface area contributed by atoms with Gasteiger partial charge in [0, 0.05) is 0 Å². The lowest BCUT2D eigenvalue weighted by atomic mass is 10.1. The molecule has 1 amide bonds. The molecule has 0 aliphatic carbocycles. The number of hydrogen-bond acceptors (Lipinski definition) is 4. The van der Waals surface area contributed by atoms with Gasteiger partial charge in [0.1, 0.15) is 12.4 Å². The Bertz CT molecular complexity index is 1230. The lowest BCUT2D eigenvalue weighted by Gasteiger charge is -2.12. The molecule has 0 spiro atoms. The van der Waals surface area contributed by atoms with Crippen molar-refractivity contribution in [3.8, 4) is 5.75 Å². The molecule has 6 nitrogen and oxygen atoms in total. The number of carbonyl (C=O) groups is 1. The van der Waals surface area contributed by atoms with Crippen LogP contribution in [0, 0.1) is 20.8 Å². The first kappa shape index (κ1) is 23.6. The van der Waals surface area contributed by atoms with Gasteiger partial charge in [0.25, 0.3) is 15.9 Å². The minimum atomic E-state index is -3.76. The van der Waals surface area contributed by atoms with Crippen LogP contribution in [-0.2, 0) is 10.0 Å². The summed E-state index contributed by atoms with van der Waals surface area (Å²) in [5.74, 6) is 0.372. The molecule has 168 valence electrons. The summed E-state index contributed by atoms with van der Waals surface area (Å²) in [5.41, 5.74) is 3.80. The summed E-state index contributed by atoms with van der Waals surface area (Å²) in [6, 6.07) is 16.7. The number of benzene rings is 3. The summed E-state index contributed by atoms with van der Waals surface area (Å²) in [5, 5.41) is 2.89. The number of carbonyl (C=O) groups excluding carboxylic acids is 1. The Morgan fingerprint density at radius 3 is 2.31 bits per heavy atom. The average Bonchev–Trinajstić information content (AvgIpc) is 2.73. The number of aryl methyl sites for hydroxylation is 3. The molecule has 0 aromatic heterocycles. The van der Waals surface area contributed by atoms with Crippen molar-refractivity contribution in [2.24, 2.45) is 0 Å².